The van der Waals surface area contributed by atoms with Crippen molar-refractivity contribution in [3.05, 3.63) is 16.4 Å². The average Bonchev–Trinajstić information content (AvgIpc) is 2.35. The molecule has 6 heteroatoms. The zero-order chi connectivity index (χ0) is 8.72. The van der Waals surface area contributed by atoms with Crippen LogP contribution in [0, 0.1) is 0 Å². The maximum absolute atomic E-state index is 11.1. The molecule has 0 bridgehead atoms. The van der Waals surface area contributed by atoms with Gasteiger partial charge in [-0.15, -0.1) is 0 Å². The van der Waals surface area contributed by atoms with Gasteiger partial charge in [-0.25, -0.2) is 4.68 Å². The molecule has 0 radical (unpaired) electrons. The Morgan fingerprint density at radius 1 is 1.67 bits per heavy atom. The molecule has 0 saturated heterocycles. The second-order valence-corrected chi connectivity index (χ2v) is 2.48. The summed E-state index contributed by atoms with van der Waals surface area (Å²) in [5, 5.41) is 10.2. The van der Waals surface area contributed by atoms with Gasteiger partial charge in [0, 0.05) is 13.1 Å². The van der Waals surface area contributed by atoms with Crippen LogP contribution in [0.2, 0.25) is 0 Å². The SMILES string of the molecule is Cn1nc2c(N)n[nH]c2cc1=O. The van der Waals surface area contributed by atoms with Crippen molar-refractivity contribution in [1.82, 2.24) is 20.0 Å². The molecule has 0 amide bonds. The highest BCUT2D eigenvalue weighted by Crippen LogP contribution is 2.10. The van der Waals surface area contributed by atoms with E-state index in [2.05, 4.69) is 15.3 Å². The van der Waals surface area contributed by atoms with Crippen molar-refractivity contribution < 1.29 is 0 Å². The Kier molecular flexibility index (Phi) is 1.18. The summed E-state index contributed by atoms with van der Waals surface area (Å²) < 4.78 is 1.22. The molecule has 0 saturated carbocycles. The molecule has 3 N–H and O–H groups in total. The lowest BCUT2D eigenvalue weighted by Gasteiger charge is -1.93. The normalized spacial score (nSPS) is 10.8. The number of rotatable bonds is 0. The molecular weight excluding hydrogens is 158 g/mol. The molecule has 0 fully saturated rings. The van der Waals surface area contributed by atoms with Crippen molar-refractivity contribution in [1.29, 1.82) is 0 Å². The summed E-state index contributed by atoms with van der Waals surface area (Å²) in [6, 6.07) is 1.41. The van der Waals surface area contributed by atoms with Crippen LogP contribution in [-0.4, -0.2) is 20.0 Å². The predicted octanol–water partition coefficient (Wildman–Crippen LogP) is -0.761. The second kappa shape index (κ2) is 2.07. The van der Waals surface area contributed by atoms with E-state index in [1.807, 2.05) is 0 Å². The van der Waals surface area contributed by atoms with E-state index in [-0.39, 0.29) is 5.56 Å². The molecule has 0 spiro atoms. The molecule has 0 aliphatic rings. The average molecular weight is 165 g/mol. The van der Waals surface area contributed by atoms with Crippen LogP contribution >= 0.6 is 0 Å². The van der Waals surface area contributed by atoms with Crippen LogP contribution in [0.3, 0.4) is 0 Å². The summed E-state index contributed by atoms with van der Waals surface area (Å²) in [6.07, 6.45) is 0. The maximum Gasteiger partial charge on any atom is 0.268 e. The van der Waals surface area contributed by atoms with Crippen molar-refractivity contribution in [3.63, 3.8) is 0 Å². The Morgan fingerprint density at radius 3 is 3.17 bits per heavy atom. The molecule has 6 nitrogen and oxygen atoms in total. The minimum Gasteiger partial charge on any atom is -0.380 e. The quantitative estimate of drug-likeness (QED) is 0.536. The van der Waals surface area contributed by atoms with Crippen LogP contribution in [0.5, 0.6) is 0 Å². The molecule has 0 unspecified atom stereocenters. The Balaban J connectivity index is 2.97. The fourth-order valence-electron chi connectivity index (χ4n) is 0.986. The summed E-state index contributed by atoms with van der Waals surface area (Å²) >= 11 is 0. The van der Waals surface area contributed by atoms with E-state index in [1.165, 1.54) is 10.7 Å². The first-order chi connectivity index (χ1) is 5.68. The summed E-state index contributed by atoms with van der Waals surface area (Å²) in [6.45, 7) is 0. The zero-order valence-electron chi connectivity index (χ0n) is 6.40. The van der Waals surface area contributed by atoms with Gasteiger partial charge in [-0.3, -0.25) is 9.89 Å². The number of nitrogens with two attached hydrogens (primary N) is 1. The van der Waals surface area contributed by atoms with Gasteiger partial charge < -0.3 is 5.73 Å². The predicted molar refractivity (Wildman–Crippen MR) is 43.5 cm³/mol. The number of H-pyrrole nitrogens is 1. The van der Waals surface area contributed by atoms with Crippen LogP contribution in [-0.2, 0) is 7.05 Å². The Morgan fingerprint density at radius 2 is 2.42 bits per heavy atom. The van der Waals surface area contributed by atoms with E-state index < -0.39 is 0 Å². The fraction of sp³-hybridized carbons (Fsp3) is 0.167. The molecule has 0 aliphatic heterocycles. The molecule has 0 atom stereocenters. The van der Waals surface area contributed by atoms with E-state index in [1.54, 1.807) is 7.05 Å². The molecular formula is C6H7N5O. The van der Waals surface area contributed by atoms with Crippen LogP contribution in [0.15, 0.2) is 10.9 Å². The minimum atomic E-state index is -0.189. The number of aromatic amines is 1. The van der Waals surface area contributed by atoms with E-state index in [9.17, 15) is 4.79 Å². The van der Waals surface area contributed by atoms with Gasteiger partial charge in [0.15, 0.2) is 11.3 Å². The zero-order valence-corrected chi connectivity index (χ0v) is 6.40. The molecule has 12 heavy (non-hydrogen) atoms. The molecule has 62 valence electrons. The summed E-state index contributed by atoms with van der Waals surface area (Å²) in [7, 11) is 1.56. The van der Waals surface area contributed by atoms with Crippen molar-refractivity contribution >= 4 is 16.9 Å². The Hall–Kier alpha value is -1.85. The van der Waals surface area contributed by atoms with E-state index in [0.717, 1.165) is 0 Å². The van der Waals surface area contributed by atoms with Gasteiger partial charge >= 0.3 is 0 Å². The number of nitrogen functional groups attached to an aromatic ring is 1. The summed E-state index contributed by atoms with van der Waals surface area (Å²) in [4.78, 5) is 11.1. The summed E-state index contributed by atoms with van der Waals surface area (Å²) in [5.41, 5.74) is 6.38. The molecule has 2 rings (SSSR count). The molecule has 0 aromatic carbocycles. The van der Waals surface area contributed by atoms with Gasteiger partial charge in [-0.1, -0.05) is 0 Å². The number of fused-ring (bicyclic) bond motifs is 1. The topological polar surface area (TPSA) is 89.6 Å². The first kappa shape index (κ1) is 6.84. The smallest absolute Gasteiger partial charge is 0.268 e. The molecule has 2 heterocycles. The number of aryl methyl sites for hydroxylation is 1. The van der Waals surface area contributed by atoms with Gasteiger partial charge in [0.05, 0.1) is 5.52 Å². The highest BCUT2D eigenvalue weighted by atomic mass is 16.1. The maximum atomic E-state index is 11.1. The lowest BCUT2D eigenvalue weighted by molar-refractivity contribution is 0.726. The molecule has 0 aliphatic carbocycles. The number of hydrogen-bond donors (Lipinski definition) is 2. The van der Waals surface area contributed by atoms with Crippen molar-refractivity contribution in [2.75, 3.05) is 5.73 Å². The number of aromatic nitrogens is 4. The molecule has 2 aromatic heterocycles. The molecule has 2 aromatic rings. The van der Waals surface area contributed by atoms with E-state index in [0.29, 0.717) is 16.9 Å². The highest BCUT2D eigenvalue weighted by Gasteiger charge is 2.04. The van der Waals surface area contributed by atoms with Crippen molar-refractivity contribution in [3.8, 4) is 0 Å². The first-order valence-electron chi connectivity index (χ1n) is 3.36. The van der Waals surface area contributed by atoms with Crippen LogP contribution < -0.4 is 11.3 Å². The van der Waals surface area contributed by atoms with Crippen LogP contribution in [0.4, 0.5) is 5.82 Å². The second-order valence-electron chi connectivity index (χ2n) is 2.48. The number of hydrogen-bond acceptors (Lipinski definition) is 4. The van der Waals surface area contributed by atoms with Crippen LogP contribution in [0.25, 0.3) is 11.0 Å². The minimum absolute atomic E-state index is 0.189. The van der Waals surface area contributed by atoms with Crippen molar-refractivity contribution in [2.24, 2.45) is 7.05 Å². The summed E-state index contributed by atoms with van der Waals surface area (Å²) in [5.74, 6) is 0.306. The van der Waals surface area contributed by atoms with Gasteiger partial charge in [0.1, 0.15) is 0 Å². The number of nitrogens with zero attached hydrogens (tertiary/aromatic N) is 3. The monoisotopic (exact) mass is 165 g/mol. The van der Waals surface area contributed by atoms with Crippen LogP contribution in [0.1, 0.15) is 0 Å². The number of nitrogens with one attached hydrogen (secondary N) is 1. The lowest BCUT2D eigenvalue weighted by atomic mass is 10.4. The van der Waals surface area contributed by atoms with Gasteiger partial charge in [-0.2, -0.15) is 10.2 Å². The highest BCUT2D eigenvalue weighted by molar-refractivity contribution is 5.83. The third kappa shape index (κ3) is 0.777. The first-order valence-corrected chi connectivity index (χ1v) is 3.36. The Bertz CT molecular complexity index is 482. The van der Waals surface area contributed by atoms with Gasteiger partial charge in [0.25, 0.3) is 5.56 Å². The van der Waals surface area contributed by atoms with Gasteiger partial charge in [-0.05, 0) is 0 Å². The Labute approximate surface area is 67.0 Å². The van der Waals surface area contributed by atoms with Crippen molar-refractivity contribution in [2.45, 2.75) is 0 Å². The van der Waals surface area contributed by atoms with E-state index in [4.69, 9.17) is 5.73 Å². The van der Waals surface area contributed by atoms with E-state index >= 15 is 0 Å². The fourth-order valence-corrected chi connectivity index (χ4v) is 0.986. The lowest BCUT2D eigenvalue weighted by Crippen LogP contribution is -2.17. The standard InChI is InChI=1S/C6H7N5O/c1-11-4(12)2-3-5(10-11)6(7)9-8-3/h2,8H,1H3,(H2,7,9). The van der Waals surface area contributed by atoms with Gasteiger partial charge in [0.2, 0.25) is 0 Å². The number of anilines is 1. The third-order valence-corrected chi connectivity index (χ3v) is 1.63. The third-order valence-electron chi connectivity index (χ3n) is 1.63. The largest absolute Gasteiger partial charge is 0.380 e.